The lowest BCUT2D eigenvalue weighted by atomic mass is 9.92. The zero-order valence-corrected chi connectivity index (χ0v) is 21.4. The van der Waals surface area contributed by atoms with Crippen LogP contribution >= 0.6 is 0 Å². The van der Waals surface area contributed by atoms with Crippen molar-refractivity contribution in [2.45, 2.75) is 44.7 Å². The van der Waals surface area contributed by atoms with E-state index in [0.717, 1.165) is 25.8 Å². The molecular weight excluding hydrogens is 454 g/mol. The van der Waals surface area contributed by atoms with E-state index >= 15 is 0 Å². The standard InChI is InChI=1S/C29H37N3O4/c1-35-24-12-7-13-25(36-2)26(24)28(33)31-18-16-30(17-19-31)27(22-9-4-5-10-22)29(34)32-15-14-21-8-3-6-11-23(21)20-32/h3,6-8,11-13,22,27H,4-5,9-10,14-20H2,1-2H3. The number of methoxy groups -OCH3 is 2. The van der Waals surface area contributed by atoms with Crippen molar-refractivity contribution in [3.63, 3.8) is 0 Å². The van der Waals surface area contributed by atoms with Crippen molar-refractivity contribution in [2.24, 2.45) is 5.92 Å². The highest BCUT2D eigenvalue weighted by atomic mass is 16.5. The smallest absolute Gasteiger partial charge is 0.261 e. The van der Waals surface area contributed by atoms with E-state index in [9.17, 15) is 9.59 Å². The maximum absolute atomic E-state index is 14.0. The minimum absolute atomic E-state index is 0.0830. The lowest BCUT2D eigenvalue weighted by molar-refractivity contribution is -0.141. The molecule has 0 radical (unpaired) electrons. The number of amides is 2. The highest BCUT2D eigenvalue weighted by Gasteiger charge is 2.40. The molecule has 0 aromatic heterocycles. The van der Waals surface area contributed by atoms with Gasteiger partial charge in [0.05, 0.1) is 20.3 Å². The molecule has 0 spiro atoms. The first kappa shape index (κ1) is 24.6. The molecule has 0 N–H and O–H groups in total. The van der Waals surface area contributed by atoms with Gasteiger partial charge in [-0.2, -0.15) is 0 Å². The summed E-state index contributed by atoms with van der Waals surface area (Å²) in [5.41, 5.74) is 3.09. The van der Waals surface area contributed by atoms with Crippen molar-refractivity contribution < 1.29 is 19.1 Å². The normalized spacial score (nSPS) is 19.6. The first-order chi connectivity index (χ1) is 17.6. The fraction of sp³-hybridized carbons (Fsp3) is 0.517. The molecule has 3 aliphatic rings. The van der Waals surface area contributed by atoms with Crippen molar-refractivity contribution in [1.82, 2.24) is 14.7 Å². The van der Waals surface area contributed by atoms with E-state index in [0.29, 0.717) is 55.7 Å². The van der Waals surface area contributed by atoms with Crippen LogP contribution in [0.3, 0.4) is 0 Å². The van der Waals surface area contributed by atoms with Crippen LogP contribution in [-0.4, -0.2) is 79.5 Å². The van der Waals surface area contributed by atoms with Crippen molar-refractivity contribution in [1.29, 1.82) is 0 Å². The molecule has 192 valence electrons. The van der Waals surface area contributed by atoms with Gasteiger partial charge in [0.1, 0.15) is 17.1 Å². The molecule has 5 rings (SSSR count). The zero-order chi connectivity index (χ0) is 25.1. The third kappa shape index (κ3) is 4.81. The lowest BCUT2D eigenvalue weighted by Gasteiger charge is -2.43. The summed E-state index contributed by atoms with van der Waals surface area (Å²) in [4.78, 5) is 33.7. The molecule has 0 bridgehead atoms. The van der Waals surface area contributed by atoms with Crippen LogP contribution in [-0.2, 0) is 17.8 Å². The quantitative estimate of drug-likeness (QED) is 0.618. The number of rotatable bonds is 6. The number of nitrogens with zero attached hydrogens (tertiary/aromatic N) is 3. The number of fused-ring (bicyclic) bond motifs is 1. The number of piperazine rings is 1. The fourth-order valence-electron chi connectivity index (χ4n) is 6.22. The Labute approximate surface area is 214 Å². The number of carbonyl (C=O) groups excluding carboxylic acids is 2. The Hall–Kier alpha value is -3.06. The van der Waals surface area contributed by atoms with E-state index in [1.807, 2.05) is 11.0 Å². The predicted molar refractivity (Wildman–Crippen MR) is 138 cm³/mol. The van der Waals surface area contributed by atoms with Gasteiger partial charge in [-0.25, -0.2) is 0 Å². The molecule has 2 aromatic rings. The minimum atomic E-state index is -0.101. The van der Waals surface area contributed by atoms with Crippen LogP contribution in [0.15, 0.2) is 42.5 Å². The van der Waals surface area contributed by atoms with Gasteiger partial charge in [-0.15, -0.1) is 0 Å². The second-order valence-electron chi connectivity index (χ2n) is 10.1. The van der Waals surface area contributed by atoms with Gasteiger partial charge in [0.2, 0.25) is 5.91 Å². The van der Waals surface area contributed by atoms with Crippen LogP contribution in [0.5, 0.6) is 11.5 Å². The van der Waals surface area contributed by atoms with Gasteiger partial charge in [-0.3, -0.25) is 14.5 Å². The lowest BCUT2D eigenvalue weighted by Crippen LogP contribution is -2.58. The van der Waals surface area contributed by atoms with Crippen LogP contribution in [0.2, 0.25) is 0 Å². The Balaban J connectivity index is 1.30. The van der Waals surface area contributed by atoms with E-state index in [1.165, 1.54) is 24.0 Å². The van der Waals surface area contributed by atoms with E-state index in [-0.39, 0.29) is 17.9 Å². The van der Waals surface area contributed by atoms with Crippen molar-refractivity contribution in [2.75, 3.05) is 46.9 Å². The third-order valence-electron chi connectivity index (χ3n) is 8.18. The topological polar surface area (TPSA) is 62.3 Å². The Bertz CT molecular complexity index is 1070. The van der Waals surface area contributed by atoms with Crippen LogP contribution in [0, 0.1) is 5.92 Å². The summed E-state index contributed by atoms with van der Waals surface area (Å²) in [5.74, 6) is 1.62. The molecule has 2 fully saturated rings. The first-order valence-corrected chi connectivity index (χ1v) is 13.2. The van der Waals surface area contributed by atoms with Crippen LogP contribution in [0.25, 0.3) is 0 Å². The first-order valence-electron chi connectivity index (χ1n) is 13.2. The molecule has 1 saturated carbocycles. The maximum Gasteiger partial charge on any atom is 0.261 e. The maximum atomic E-state index is 14.0. The Morgan fingerprint density at radius 2 is 1.44 bits per heavy atom. The summed E-state index contributed by atoms with van der Waals surface area (Å²) < 4.78 is 10.9. The largest absolute Gasteiger partial charge is 0.496 e. The molecular formula is C29H37N3O4. The predicted octanol–water partition coefficient (Wildman–Crippen LogP) is 3.61. The molecule has 2 amide bonds. The molecule has 36 heavy (non-hydrogen) atoms. The molecule has 1 unspecified atom stereocenters. The van der Waals surface area contributed by atoms with E-state index < -0.39 is 0 Å². The Morgan fingerprint density at radius 3 is 2.08 bits per heavy atom. The van der Waals surface area contributed by atoms with Gasteiger partial charge < -0.3 is 19.3 Å². The summed E-state index contributed by atoms with van der Waals surface area (Å²) in [6.07, 6.45) is 5.53. The molecule has 7 heteroatoms. The number of ether oxygens (including phenoxy) is 2. The summed E-state index contributed by atoms with van der Waals surface area (Å²) in [7, 11) is 3.14. The van der Waals surface area contributed by atoms with Gasteiger partial charge in [0.25, 0.3) is 5.91 Å². The zero-order valence-electron chi connectivity index (χ0n) is 21.4. The summed E-state index contributed by atoms with van der Waals surface area (Å²) in [5, 5.41) is 0. The Morgan fingerprint density at radius 1 is 0.806 bits per heavy atom. The van der Waals surface area contributed by atoms with Crippen LogP contribution in [0.4, 0.5) is 0 Å². The highest BCUT2D eigenvalue weighted by molar-refractivity contribution is 5.99. The van der Waals surface area contributed by atoms with Crippen LogP contribution < -0.4 is 9.47 Å². The number of benzene rings is 2. The fourth-order valence-corrected chi connectivity index (χ4v) is 6.22. The SMILES string of the molecule is COc1cccc(OC)c1C(=O)N1CCN(C(C(=O)N2CCc3ccccc3C2)C2CCCC2)CC1. The van der Waals surface area contributed by atoms with Crippen molar-refractivity contribution in [3.05, 3.63) is 59.2 Å². The molecule has 1 aliphatic carbocycles. The number of hydrogen-bond donors (Lipinski definition) is 0. The molecule has 2 aromatic carbocycles. The van der Waals surface area contributed by atoms with E-state index in [1.54, 1.807) is 26.4 Å². The molecule has 1 saturated heterocycles. The van der Waals surface area contributed by atoms with Crippen molar-refractivity contribution >= 4 is 11.8 Å². The highest BCUT2D eigenvalue weighted by Crippen LogP contribution is 2.34. The summed E-state index contributed by atoms with van der Waals surface area (Å²) >= 11 is 0. The number of hydrogen-bond acceptors (Lipinski definition) is 5. The van der Waals surface area contributed by atoms with Crippen LogP contribution in [0.1, 0.15) is 47.2 Å². The van der Waals surface area contributed by atoms with E-state index in [4.69, 9.17) is 9.47 Å². The third-order valence-corrected chi connectivity index (χ3v) is 8.18. The van der Waals surface area contributed by atoms with Gasteiger partial charge >= 0.3 is 0 Å². The van der Waals surface area contributed by atoms with Gasteiger partial charge in [0, 0.05) is 39.3 Å². The average molecular weight is 492 g/mol. The molecule has 2 heterocycles. The molecule has 2 aliphatic heterocycles. The van der Waals surface area contributed by atoms with Crippen molar-refractivity contribution in [3.8, 4) is 11.5 Å². The monoisotopic (exact) mass is 491 g/mol. The molecule has 7 nitrogen and oxygen atoms in total. The summed E-state index contributed by atoms with van der Waals surface area (Å²) in [6, 6.07) is 13.8. The van der Waals surface area contributed by atoms with Gasteiger partial charge in [-0.1, -0.05) is 43.2 Å². The Kier molecular flexibility index (Phi) is 7.46. The minimum Gasteiger partial charge on any atom is -0.496 e. The average Bonchev–Trinajstić information content (AvgIpc) is 3.46. The van der Waals surface area contributed by atoms with Gasteiger partial charge in [0.15, 0.2) is 0 Å². The van der Waals surface area contributed by atoms with Gasteiger partial charge in [-0.05, 0) is 48.4 Å². The number of carbonyl (C=O) groups is 2. The van der Waals surface area contributed by atoms with E-state index in [2.05, 4.69) is 34.1 Å². The summed E-state index contributed by atoms with van der Waals surface area (Å²) in [6.45, 7) is 4.04. The molecule has 1 atom stereocenters. The second kappa shape index (κ2) is 10.9. The second-order valence-corrected chi connectivity index (χ2v) is 10.1.